The molecule has 1 aliphatic rings. The van der Waals surface area contributed by atoms with Crippen LogP contribution in [0.4, 0.5) is 17.6 Å². The lowest BCUT2D eigenvalue weighted by atomic mass is 9.89. The van der Waals surface area contributed by atoms with E-state index < -0.39 is 66.1 Å². The molecule has 3 aromatic carbocycles. The molecule has 1 aliphatic heterocycles. The number of ether oxygens (including phenoxy) is 3. The SMILES string of the molecule is C=CCOP(=O)(OCC=C)OCc1ccc(F)cc1C(=O)O[C@@](Cn1cncn1)(c1ccc(F)cc1F)[C@@H](C)SC1COC(C=CC=Cc2ccc(C#N)cc2F)OC1. The van der Waals surface area contributed by atoms with Crippen LogP contribution in [0, 0.1) is 34.6 Å². The van der Waals surface area contributed by atoms with Crippen molar-refractivity contribution in [1.29, 1.82) is 5.26 Å². The fourth-order valence-corrected chi connectivity index (χ4v) is 8.22. The van der Waals surface area contributed by atoms with Gasteiger partial charge in [0.1, 0.15) is 35.9 Å². The number of allylic oxidation sites excluding steroid dienone is 2. The van der Waals surface area contributed by atoms with Crippen molar-refractivity contribution in [2.45, 2.75) is 42.5 Å². The van der Waals surface area contributed by atoms with Crippen LogP contribution in [0.2, 0.25) is 0 Å². The highest BCUT2D eigenvalue weighted by Gasteiger charge is 2.47. The number of halogens is 4. The van der Waals surface area contributed by atoms with Gasteiger partial charge >= 0.3 is 13.8 Å². The number of aromatic nitrogens is 3. The van der Waals surface area contributed by atoms with Gasteiger partial charge in [-0.2, -0.15) is 10.4 Å². The number of nitrogens with zero attached hydrogens (tertiary/aromatic N) is 4. The van der Waals surface area contributed by atoms with Gasteiger partial charge in [0, 0.05) is 22.4 Å². The number of esters is 1. The smallest absolute Gasteiger partial charge is 0.447 e. The Morgan fingerprint density at radius 2 is 1.73 bits per heavy atom. The Balaban J connectivity index is 1.40. The van der Waals surface area contributed by atoms with Crippen molar-refractivity contribution < 1.29 is 54.7 Å². The quantitative estimate of drug-likeness (QED) is 0.0276. The molecule has 1 aromatic heterocycles. The van der Waals surface area contributed by atoms with E-state index in [0.717, 1.165) is 30.3 Å². The normalized spacial score (nSPS) is 17.4. The number of carbonyl (C=O) groups excluding carboxylic acids is 1. The third kappa shape index (κ3) is 12.2. The number of phosphoric ester groups is 1. The van der Waals surface area contributed by atoms with E-state index >= 15 is 4.39 Å². The minimum Gasteiger partial charge on any atom is -0.447 e. The monoisotopic (exact) mass is 854 g/mol. The van der Waals surface area contributed by atoms with Crippen molar-refractivity contribution in [2.24, 2.45) is 0 Å². The largest absolute Gasteiger partial charge is 0.475 e. The third-order valence-corrected chi connectivity index (χ3v) is 11.4. The van der Waals surface area contributed by atoms with Crippen LogP contribution >= 0.6 is 19.6 Å². The molecule has 0 N–H and O–H groups in total. The average molecular weight is 855 g/mol. The highest BCUT2D eigenvalue weighted by Crippen LogP contribution is 2.50. The van der Waals surface area contributed by atoms with Crippen LogP contribution in [0.15, 0.2) is 111 Å². The number of thioether (sulfide) groups is 1. The summed E-state index contributed by atoms with van der Waals surface area (Å²) < 4.78 is 108. The van der Waals surface area contributed by atoms with Crippen LogP contribution in [0.3, 0.4) is 0 Å². The Labute approximate surface area is 342 Å². The Hall–Kier alpha value is -5.18. The van der Waals surface area contributed by atoms with Crippen LogP contribution in [0.25, 0.3) is 6.08 Å². The van der Waals surface area contributed by atoms with Gasteiger partial charge in [-0.05, 0) is 55.0 Å². The van der Waals surface area contributed by atoms with E-state index in [1.807, 2.05) is 6.07 Å². The first-order chi connectivity index (χ1) is 28.4. The van der Waals surface area contributed by atoms with Gasteiger partial charge in [-0.25, -0.2) is 36.6 Å². The first-order valence-electron chi connectivity index (χ1n) is 17.9. The van der Waals surface area contributed by atoms with E-state index in [2.05, 4.69) is 23.2 Å². The molecule has 0 unspecified atom stereocenters. The maximum absolute atomic E-state index is 16.0. The van der Waals surface area contributed by atoms with Crippen LogP contribution in [0.5, 0.6) is 0 Å². The molecule has 1 saturated heterocycles. The summed E-state index contributed by atoms with van der Waals surface area (Å²) in [5.74, 6) is -4.43. The molecule has 12 nitrogen and oxygen atoms in total. The summed E-state index contributed by atoms with van der Waals surface area (Å²) in [7, 11) is -4.23. The Morgan fingerprint density at radius 3 is 2.37 bits per heavy atom. The van der Waals surface area contributed by atoms with Gasteiger partial charge in [0.25, 0.3) is 0 Å². The van der Waals surface area contributed by atoms with Gasteiger partial charge in [-0.1, -0.05) is 42.5 Å². The Kier molecular flexibility index (Phi) is 16.1. The second-order valence-electron chi connectivity index (χ2n) is 12.7. The van der Waals surface area contributed by atoms with Crippen LogP contribution in [0.1, 0.15) is 39.5 Å². The summed E-state index contributed by atoms with van der Waals surface area (Å²) in [5, 5.41) is 11.8. The molecule has 0 spiro atoms. The minimum atomic E-state index is -4.23. The van der Waals surface area contributed by atoms with E-state index in [4.69, 9.17) is 33.0 Å². The van der Waals surface area contributed by atoms with E-state index in [9.17, 15) is 22.5 Å². The van der Waals surface area contributed by atoms with Crippen molar-refractivity contribution in [3.8, 4) is 6.07 Å². The van der Waals surface area contributed by atoms with E-state index in [-0.39, 0.29) is 60.8 Å². The lowest BCUT2D eigenvalue weighted by molar-refractivity contribution is -0.146. The molecule has 0 radical (unpaired) electrons. The topological polar surface area (TPSA) is 144 Å². The minimum absolute atomic E-state index is 0.0145. The summed E-state index contributed by atoms with van der Waals surface area (Å²) in [5.41, 5.74) is -2.05. The third-order valence-electron chi connectivity index (χ3n) is 8.63. The van der Waals surface area contributed by atoms with Gasteiger partial charge in [-0.3, -0.25) is 13.6 Å². The predicted octanol–water partition coefficient (Wildman–Crippen LogP) is 8.62. The van der Waals surface area contributed by atoms with Crippen molar-refractivity contribution in [2.75, 3.05) is 26.4 Å². The van der Waals surface area contributed by atoms with Gasteiger partial charge in [-0.15, -0.1) is 24.9 Å². The lowest BCUT2D eigenvalue weighted by Gasteiger charge is -2.40. The molecule has 18 heteroatoms. The van der Waals surface area contributed by atoms with Gasteiger partial charge in [0.05, 0.1) is 62.0 Å². The molecule has 5 rings (SSSR count). The molecule has 0 amide bonds. The molecule has 4 aromatic rings. The number of hydrogen-bond acceptors (Lipinski definition) is 12. The summed E-state index contributed by atoms with van der Waals surface area (Å²) >= 11 is 1.23. The molecular formula is C41H39F4N4O8PS. The van der Waals surface area contributed by atoms with Crippen molar-refractivity contribution in [1.82, 2.24) is 14.8 Å². The fourth-order valence-electron chi connectivity index (χ4n) is 5.76. The molecular weight excluding hydrogens is 816 g/mol. The summed E-state index contributed by atoms with van der Waals surface area (Å²) in [6.45, 7) is 7.64. The highest BCUT2D eigenvalue weighted by molar-refractivity contribution is 8.00. The highest BCUT2D eigenvalue weighted by atomic mass is 32.2. The van der Waals surface area contributed by atoms with E-state index in [0.29, 0.717) is 6.07 Å². The molecule has 2 atom stereocenters. The van der Waals surface area contributed by atoms with Gasteiger partial charge in [0.15, 0.2) is 11.9 Å². The zero-order valence-electron chi connectivity index (χ0n) is 31.6. The fraction of sp³-hybridized carbons (Fsp3) is 0.268. The van der Waals surface area contributed by atoms with E-state index in [1.54, 1.807) is 25.2 Å². The van der Waals surface area contributed by atoms with Crippen LogP contribution in [-0.2, 0) is 51.1 Å². The number of hydrogen-bond donors (Lipinski definition) is 0. The van der Waals surface area contributed by atoms with Crippen molar-refractivity contribution in [3.63, 3.8) is 0 Å². The van der Waals surface area contributed by atoms with Crippen LogP contribution in [-0.4, -0.2) is 64.0 Å². The summed E-state index contributed by atoms with van der Waals surface area (Å²) in [6.07, 6.45) is 10.8. The van der Waals surface area contributed by atoms with Crippen LogP contribution < -0.4 is 0 Å². The van der Waals surface area contributed by atoms with Crippen molar-refractivity contribution >= 4 is 31.6 Å². The zero-order chi connectivity index (χ0) is 42.4. The number of nitriles is 1. The molecule has 0 bridgehead atoms. The second kappa shape index (κ2) is 21.2. The molecule has 0 aliphatic carbocycles. The number of rotatable bonds is 20. The summed E-state index contributed by atoms with van der Waals surface area (Å²) in [4.78, 5) is 18.3. The predicted molar refractivity (Wildman–Crippen MR) is 210 cm³/mol. The lowest BCUT2D eigenvalue weighted by Crippen LogP contribution is -2.47. The Morgan fingerprint density at radius 1 is 1.02 bits per heavy atom. The number of benzene rings is 3. The van der Waals surface area contributed by atoms with Crippen molar-refractivity contribution in [3.05, 3.63) is 162 Å². The first-order valence-corrected chi connectivity index (χ1v) is 20.3. The average Bonchev–Trinajstić information content (AvgIpc) is 3.74. The molecule has 310 valence electrons. The Bertz CT molecular complexity index is 2230. The second-order valence-corrected chi connectivity index (χ2v) is 16.0. The standard InChI is InChI=1S/C41H39F4N4O8PS/c1-4-16-54-58(51,55-17-5-2)56-22-31-12-13-32(42)19-35(31)40(50)57-41(25-49-27-47-26-48-49,36-15-14-33(43)20-38(36)45)28(3)59-34-23-52-39(53-24-34)9-7-6-8-30-11-10-29(21-46)18-37(30)44/h4-15,18-20,26-28,34,39H,1-2,16-17,22-25H2,3H3/t28-,34?,39?,41-/m1/s1. The molecule has 2 heterocycles. The van der Waals surface area contributed by atoms with Gasteiger partial charge in [0.2, 0.25) is 0 Å². The molecule has 59 heavy (non-hydrogen) atoms. The first kappa shape index (κ1) is 44.9. The molecule has 1 fully saturated rings. The zero-order valence-corrected chi connectivity index (χ0v) is 33.3. The summed E-state index contributed by atoms with van der Waals surface area (Å²) in [6, 6.07) is 12.0. The number of carbonyl (C=O) groups is 1. The maximum atomic E-state index is 16.0. The van der Waals surface area contributed by atoms with Gasteiger partial charge < -0.3 is 14.2 Å². The van der Waals surface area contributed by atoms with E-state index in [1.165, 1.54) is 65.5 Å². The number of phosphoric acid groups is 1. The maximum Gasteiger partial charge on any atom is 0.475 e. The molecule has 0 saturated carbocycles.